The Balaban J connectivity index is 2.27. The normalized spacial score (nSPS) is 10.6. The monoisotopic (exact) mass is 284 g/mol. The third kappa shape index (κ3) is 3.63. The number of hydrogen-bond donors (Lipinski definition) is 1. The van der Waals surface area contributed by atoms with Crippen molar-refractivity contribution in [1.82, 2.24) is 0 Å². The summed E-state index contributed by atoms with van der Waals surface area (Å²) in [6, 6.07) is 11.7. The first kappa shape index (κ1) is 14.7. The number of rotatable bonds is 5. The molecule has 0 spiro atoms. The van der Waals surface area contributed by atoms with Crippen LogP contribution in [0, 0.1) is 0 Å². The van der Waals surface area contributed by atoms with Crippen LogP contribution < -0.4 is 9.47 Å². The van der Waals surface area contributed by atoms with Crippen molar-refractivity contribution < 1.29 is 19.4 Å². The summed E-state index contributed by atoms with van der Waals surface area (Å²) in [5.74, 6) is 1.03. The van der Waals surface area contributed by atoms with Gasteiger partial charge in [0.15, 0.2) is 5.78 Å². The number of carbonyl (C=O) groups excluding carboxylic acids is 1. The molecule has 4 nitrogen and oxygen atoms in total. The molecule has 1 N–H and O–H groups in total. The van der Waals surface area contributed by atoms with E-state index in [1.807, 2.05) is 0 Å². The zero-order valence-corrected chi connectivity index (χ0v) is 11.9. The second kappa shape index (κ2) is 6.61. The third-order valence-corrected chi connectivity index (χ3v) is 2.97. The number of benzene rings is 2. The van der Waals surface area contributed by atoms with Crippen molar-refractivity contribution in [1.29, 1.82) is 0 Å². The second-order valence-corrected chi connectivity index (χ2v) is 4.36. The largest absolute Gasteiger partial charge is 0.508 e. The Kier molecular flexibility index (Phi) is 4.61. The molecule has 0 aliphatic rings. The Labute approximate surface area is 123 Å². The number of hydrogen-bond acceptors (Lipinski definition) is 4. The molecule has 0 aromatic heterocycles. The summed E-state index contributed by atoms with van der Waals surface area (Å²) >= 11 is 0. The summed E-state index contributed by atoms with van der Waals surface area (Å²) < 4.78 is 10.3. The van der Waals surface area contributed by atoms with Gasteiger partial charge in [0.25, 0.3) is 0 Å². The highest BCUT2D eigenvalue weighted by Crippen LogP contribution is 2.25. The molecule has 0 amide bonds. The second-order valence-electron chi connectivity index (χ2n) is 4.36. The van der Waals surface area contributed by atoms with Crippen molar-refractivity contribution in [2.75, 3.05) is 14.2 Å². The van der Waals surface area contributed by atoms with Crippen molar-refractivity contribution in [3.05, 3.63) is 59.7 Å². The van der Waals surface area contributed by atoms with Crippen molar-refractivity contribution in [3.63, 3.8) is 0 Å². The molecule has 0 aliphatic carbocycles. The van der Waals surface area contributed by atoms with Gasteiger partial charge in [0.05, 0.1) is 19.8 Å². The van der Waals surface area contributed by atoms with Crippen LogP contribution in [0.5, 0.6) is 17.2 Å². The quantitative estimate of drug-likeness (QED) is 0.676. The number of allylic oxidation sites excluding steroid dienone is 1. The van der Waals surface area contributed by atoms with Crippen molar-refractivity contribution >= 4 is 11.9 Å². The minimum absolute atomic E-state index is 0.156. The number of ether oxygens (including phenoxy) is 2. The lowest BCUT2D eigenvalue weighted by Gasteiger charge is -2.07. The lowest BCUT2D eigenvalue weighted by Crippen LogP contribution is -1.99. The first-order valence-corrected chi connectivity index (χ1v) is 6.37. The maximum atomic E-state index is 12.3. The van der Waals surface area contributed by atoms with Crippen molar-refractivity contribution in [3.8, 4) is 17.2 Å². The molecule has 0 atom stereocenters. The van der Waals surface area contributed by atoms with E-state index in [1.54, 1.807) is 55.7 Å². The average Bonchev–Trinajstić information content (AvgIpc) is 2.52. The minimum atomic E-state index is -0.200. The van der Waals surface area contributed by atoms with Crippen LogP contribution in [0.3, 0.4) is 0 Å². The molecular weight excluding hydrogens is 268 g/mol. The molecule has 0 unspecified atom stereocenters. The molecule has 0 saturated carbocycles. The molecule has 108 valence electrons. The van der Waals surface area contributed by atoms with Gasteiger partial charge < -0.3 is 14.6 Å². The Morgan fingerprint density at radius 2 is 1.90 bits per heavy atom. The predicted octanol–water partition coefficient (Wildman–Crippen LogP) is 3.31. The third-order valence-electron chi connectivity index (χ3n) is 2.97. The molecule has 0 radical (unpaired) electrons. The summed E-state index contributed by atoms with van der Waals surface area (Å²) in [6.45, 7) is 0. The molecule has 0 saturated heterocycles. The maximum Gasteiger partial charge on any atom is 0.189 e. The Morgan fingerprint density at radius 1 is 1.10 bits per heavy atom. The molecule has 0 heterocycles. The van der Waals surface area contributed by atoms with Gasteiger partial charge in [0, 0.05) is 0 Å². The van der Waals surface area contributed by atoms with E-state index in [-0.39, 0.29) is 11.5 Å². The maximum absolute atomic E-state index is 12.3. The molecule has 21 heavy (non-hydrogen) atoms. The summed E-state index contributed by atoms with van der Waals surface area (Å²) in [7, 11) is 3.05. The molecule has 4 heteroatoms. The number of methoxy groups -OCH3 is 2. The molecule has 0 bridgehead atoms. The van der Waals surface area contributed by atoms with Gasteiger partial charge in [-0.15, -0.1) is 0 Å². The fourth-order valence-corrected chi connectivity index (χ4v) is 1.90. The zero-order valence-electron chi connectivity index (χ0n) is 11.9. The van der Waals surface area contributed by atoms with Gasteiger partial charge in [-0.05, 0) is 42.0 Å². The number of aromatic hydroxyl groups is 1. The van der Waals surface area contributed by atoms with Crippen LogP contribution in [0.1, 0.15) is 15.9 Å². The lowest BCUT2D eigenvalue weighted by atomic mass is 10.1. The van der Waals surface area contributed by atoms with Gasteiger partial charge in [0.1, 0.15) is 17.2 Å². The zero-order chi connectivity index (χ0) is 15.2. The van der Waals surface area contributed by atoms with E-state index in [9.17, 15) is 9.90 Å². The smallest absolute Gasteiger partial charge is 0.189 e. The predicted molar refractivity (Wildman–Crippen MR) is 81.0 cm³/mol. The Bertz CT molecular complexity index is 674. The van der Waals surface area contributed by atoms with Gasteiger partial charge in [-0.3, -0.25) is 4.79 Å². The number of carbonyl (C=O) groups is 1. The first-order chi connectivity index (χ1) is 10.1. The highest BCUT2D eigenvalue weighted by atomic mass is 16.5. The minimum Gasteiger partial charge on any atom is -0.508 e. The van der Waals surface area contributed by atoms with Crippen LogP contribution in [0.2, 0.25) is 0 Å². The van der Waals surface area contributed by atoms with Crippen LogP contribution >= 0.6 is 0 Å². The first-order valence-electron chi connectivity index (χ1n) is 6.37. The fourth-order valence-electron chi connectivity index (χ4n) is 1.90. The van der Waals surface area contributed by atoms with Gasteiger partial charge in [-0.25, -0.2) is 0 Å². The van der Waals surface area contributed by atoms with E-state index in [4.69, 9.17) is 9.47 Å². The Hall–Kier alpha value is -2.75. The summed E-state index contributed by atoms with van der Waals surface area (Å²) in [6.07, 6.45) is 3.08. The van der Waals surface area contributed by atoms with E-state index in [0.29, 0.717) is 17.1 Å². The van der Waals surface area contributed by atoms with Gasteiger partial charge in [0.2, 0.25) is 0 Å². The SMILES string of the molecule is COc1ccc(OC)c(C(=O)C=Cc2cccc(O)c2)c1. The summed E-state index contributed by atoms with van der Waals surface area (Å²) in [4.78, 5) is 12.3. The van der Waals surface area contributed by atoms with E-state index in [1.165, 1.54) is 13.2 Å². The van der Waals surface area contributed by atoms with Gasteiger partial charge in [-0.1, -0.05) is 18.2 Å². The molecule has 2 rings (SSSR count). The van der Waals surface area contributed by atoms with Crippen molar-refractivity contribution in [2.45, 2.75) is 0 Å². The highest BCUT2D eigenvalue weighted by Gasteiger charge is 2.11. The van der Waals surface area contributed by atoms with Crippen LogP contribution in [0.4, 0.5) is 0 Å². The molecule has 2 aromatic rings. The summed E-state index contributed by atoms with van der Waals surface area (Å²) in [5, 5.41) is 9.39. The van der Waals surface area contributed by atoms with Gasteiger partial charge in [-0.2, -0.15) is 0 Å². The van der Waals surface area contributed by atoms with Crippen molar-refractivity contribution in [2.24, 2.45) is 0 Å². The van der Waals surface area contributed by atoms with E-state index in [0.717, 1.165) is 5.56 Å². The number of ketones is 1. The Morgan fingerprint density at radius 3 is 2.57 bits per heavy atom. The lowest BCUT2D eigenvalue weighted by molar-refractivity contribution is 0.104. The average molecular weight is 284 g/mol. The van der Waals surface area contributed by atoms with Crippen LogP contribution in [-0.4, -0.2) is 25.1 Å². The molecule has 0 fully saturated rings. The van der Waals surface area contributed by atoms with Crippen LogP contribution in [-0.2, 0) is 0 Å². The standard InChI is InChI=1S/C17H16O4/c1-20-14-7-9-17(21-2)15(11-14)16(19)8-6-12-4-3-5-13(18)10-12/h3-11,18H,1-2H3. The van der Waals surface area contributed by atoms with Gasteiger partial charge >= 0.3 is 0 Å². The number of phenolic OH excluding ortho intramolecular Hbond substituents is 1. The molecule has 0 aliphatic heterocycles. The molecule has 2 aromatic carbocycles. The van der Waals surface area contributed by atoms with E-state index < -0.39 is 0 Å². The van der Waals surface area contributed by atoms with Crippen LogP contribution in [0.25, 0.3) is 6.08 Å². The topological polar surface area (TPSA) is 55.8 Å². The van der Waals surface area contributed by atoms with E-state index >= 15 is 0 Å². The van der Waals surface area contributed by atoms with Crippen LogP contribution in [0.15, 0.2) is 48.5 Å². The highest BCUT2D eigenvalue weighted by molar-refractivity contribution is 6.08. The number of phenols is 1. The fraction of sp³-hybridized carbons (Fsp3) is 0.118. The molecular formula is C17H16O4. The van der Waals surface area contributed by atoms with E-state index in [2.05, 4.69) is 0 Å². The summed E-state index contributed by atoms with van der Waals surface area (Å²) in [5.41, 5.74) is 1.17.